The average Bonchev–Trinajstić information content (AvgIpc) is 2.55. The van der Waals surface area contributed by atoms with Gasteiger partial charge in [-0.1, -0.05) is 31.4 Å². The molecule has 1 aliphatic rings. The molecule has 1 aromatic carbocycles. The maximum atomic E-state index is 12.4. The van der Waals surface area contributed by atoms with Gasteiger partial charge in [-0.3, -0.25) is 13.8 Å². The number of hydrogen-bond donors (Lipinski definition) is 2. The lowest BCUT2D eigenvalue weighted by Gasteiger charge is -2.24. The molecule has 0 unspecified atom stereocenters. The molecule has 0 heterocycles. The van der Waals surface area contributed by atoms with Crippen molar-refractivity contribution in [3.8, 4) is 0 Å². The summed E-state index contributed by atoms with van der Waals surface area (Å²) in [4.78, 5) is 23.4. The molecule has 126 valence electrons. The Morgan fingerprint density at radius 3 is 2.65 bits per heavy atom. The summed E-state index contributed by atoms with van der Waals surface area (Å²) in [6.45, 7) is 1.69. The van der Waals surface area contributed by atoms with Gasteiger partial charge in [-0.25, -0.2) is 0 Å². The standard InChI is InChI=1S/C17H24N2O3S/c1-12(17(21)19-15-8-3-2-4-9-15)23(22)11-13-6-5-7-14(10-13)16(18)20/h5-7,10,12,15H,2-4,8-9,11H2,1H3,(H2,18,20)(H,19,21)/t12-,23+/m0/s1. The molecule has 0 bridgehead atoms. The van der Waals surface area contributed by atoms with Crippen LogP contribution in [0.4, 0.5) is 0 Å². The van der Waals surface area contributed by atoms with Crippen molar-refractivity contribution >= 4 is 22.6 Å². The van der Waals surface area contributed by atoms with E-state index in [1.165, 1.54) is 6.42 Å². The second kappa shape index (κ2) is 8.24. The molecule has 0 aromatic heterocycles. The van der Waals surface area contributed by atoms with Crippen LogP contribution in [0.25, 0.3) is 0 Å². The van der Waals surface area contributed by atoms with Crippen molar-refractivity contribution in [1.82, 2.24) is 5.32 Å². The number of nitrogens with two attached hydrogens (primary N) is 1. The minimum absolute atomic E-state index is 0.152. The lowest BCUT2D eigenvalue weighted by Crippen LogP contribution is -2.42. The smallest absolute Gasteiger partial charge is 0.248 e. The molecule has 2 amide bonds. The third-order valence-electron chi connectivity index (χ3n) is 4.24. The molecule has 2 rings (SSSR count). The van der Waals surface area contributed by atoms with Gasteiger partial charge < -0.3 is 11.1 Å². The molecule has 1 aromatic rings. The number of carbonyl (C=O) groups excluding carboxylic acids is 2. The van der Waals surface area contributed by atoms with Gasteiger partial charge in [0, 0.05) is 28.2 Å². The number of hydrogen-bond acceptors (Lipinski definition) is 3. The van der Waals surface area contributed by atoms with Crippen molar-refractivity contribution in [2.24, 2.45) is 5.73 Å². The maximum Gasteiger partial charge on any atom is 0.248 e. The van der Waals surface area contributed by atoms with E-state index in [-0.39, 0.29) is 17.7 Å². The van der Waals surface area contributed by atoms with Crippen molar-refractivity contribution in [1.29, 1.82) is 0 Å². The number of benzene rings is 1. The molecule has 0 spiro atoms. The lowest BCUT2D eigenvalue weighted by atomic mass is 9.95. The molecule has 23 heavy (non-hydrogen) atoms. The predicted molar refractivity (Wildman–Crippen MR) is 91.3 cm³/mol. The van der Waals surface area contributed by atoms with Crippen molar-refractivity contribution in [2.75, 3.05) is 0 Å². The van der Waals surface area contributed by atoms with Crippen LogP contribution in [0.3, 0.4) is 0 Å². The zero-order valence-electron chi connectivity index (χ0n) is 13.4. The monoisotopic (exact) mass is 336 g/mol. The molecule has 1 fully saturated rings. The zero-order valence-corrected chi connectivity index (χ0v) is 14.2. The Kier molecular flexibility index (Phi) is 6.33. The summed E-state index contributed by atoms with van der Waals surface area (Å²) < 4.78 is 12.4. The highest BCUT2D eigenvalue weighted by Crippen LogP contribution is 2.18. The van der Waals surface area contributed by atoms with Gasteiger partial charge in [0.1, 0.15) is 5.25 Å². The van der Waals surface area contributed by atoms with Crippen LogP contribution in [0.5, 0.6) is 0 Å². The first-order valence-electron chi connectivity index (χ1n) is 8.03. The van der Waals surface area contributed by atoms with Crippen molar-refractivity contribution in [3.05, 3.63) is 35.4 Å². The number of nitrogens with one attached hydrogen (secondary N) is 1. The molecule has 0 saturated heterocycles. The lowest BCUT2D eigenvalue weighted by molar-refractivity contribution is -0.121. The van der Waals surface area contributed by atoms with Gasteiger partial charge in [-0.2, -0.15) is 0 Å². The number of primary amides is 1. The van der Waals surface area contributed by atoms with E-state index in [2.05, 4.69) is 5.32 Å². The van der Waals surface area contributed by atoms with Crippen molar-refractivity contribution < 1.29 is 13.8 Å². The topological polar surface area (TPSA) is 89.3 Å². The first kappa shape index (κ1) is 17.7. The van der Waals surface area contributed by atoms with Crippen LogP contribution in [0.15, 0.2) is 24.3 Å². The Balaban J connectivity index is 1.92. The van der Waals surface area contributed by atoms with Gasteiger partial charge in [0.2, 0.25) is 11.8 Å². The minimum Gasteiger partial charge on any atom is -0.366 e. The predicted octanol–water partition coefficient (Wildman–Crippen LogP) is 1.87. The Labute approximate surface area is 139 Å². The first-order chi connectivity index (χ1) is 11.0. The van der Waals surface area contributed by atoms with E-state index >= 15 is 0 Å². The Hall–Kier alpha value is -1.69. The number of carbonyl (C=O) groups is 2. The van der Waals surface area contributed by atoms with Gasteiger partial charge >= 0.3 is 0 Å². The van der Waals surface area contributed by atoms with Gasteiger partial charge in [0.05, 0.1) is 0 Å². The number of rotatable bonds is 6. The average molecular weight is 336 g/mol. The van der Waals surface area contributed by atoms with Crippen LogP contribution in [-0.2, 0) is 21.3 Å². The van der Waals surface area contributed by atoms with E-state index in [1.807, 2.05) is 0 Å². The fraction of sp³-hybridized carbons (Fsp3) is 0.529. The minimum atomic E-state index is -1.34. The summed E-state index contributed by atoms with van der Waals surface area (Å²) in [6, 6.07) is 6.96. The molecule has 1 aliphatic carbocycles. The van der Waals surface area contributed by atoms with Crippen LogP contribution in [0.2, 0.25) is 0 Å². The maximum absolute atomic E-state index is 12.4. The third kappa shape index (κ3) is 5.16. The van der Waals surface area contributed by atoms with Crippen molar-refractivity contribution in [3.63, 3.8) is 0 Å². The molecule has 1 saturated carbocycles. The summed E-state index contributed by atoms with van der Waals surface area (Å²) in [7, 11) is -1.34. The fourth-order valence-electron chi connectivity index (χ4n) is 2.79. The van der Waals surface area contributed by atoms with Crippen molar-refractivity contribution in [2.45, 2.75) is 56.1 Å². The second-order valence-electron chi connectivity index (χ2n) is 6.08. The van der Waals surface area contributed by atoms with Gasteiger partial charge in [0.15, 0.2) is 0 Å². The van der Waals surface area contributed by atoms with E-state index < -0.39 is 22.0 Å². The molecule has 0 radical (unpaired) electrons. The Morgan fingerprint density at radius 1 is 1.30 bits per heavy atom. The highest BCUT2D eigenvalue weighted by atomic mass is 32.2. The summed E-state index contributed by atoms with van der Waals surface area (Å²) in [5, 5.41) is 2.43. The van der Waals surface area contributed by atoms with E-state index in [0.717, 1.165) is 31.2 Å². The second-order valence-corrected chi connectivity index (χ2v) is 7.83. The first-order valence-corrected chi connectivity index (χ1v) is 9.42. The third-order valence-corrected chi connectivity index (χ3v) is 5.86. The normalized spacial score (nSPS) is 18.1. The summed E-state index contributed by atoms with van der Waals surface area (Å²) in [5.74, 6) is -0.428. The molecule has 0 aliphatic heterocycles. The quantitative estimate of drug-likeness (QED) is 0.831. The van der Waals surface area contributed by atoms with Gasteiger partial charge in [0.25, 0.3) is 0 Å². The van der Waals surface area contributed by atoms with Crippen LogP contribution >= 0.6 is 0 Å². The van der Waals surface area contributed by atoms with E-state index in [9.17, 15) is 13.8 Å². The van der Waals surface area contributed by atoms with E-state index in [0.29, 0.717) is 5.56 Å². The summed E-state index contributed by atoms with van der Waals surface area (Å²) in [5.41, 5.74) is 6.38. The van der Waals surface area contributed by atoms with E-state index in [1.54, 1.807) is 31.2 Å². The Bertz CT molecular complexity index is 597. The molecular formula is C17H24N2O3S. The summed E-state index contributed by atoms with van der Waals surface area (Å²) >= 11 is 0. The number of amides is 2. The Morgan fingerprint density at radius 2 is 2.00 bits per heavy atom. The van der Waals surface area contributed by atoms with Gasteiger partial charge in [-0.15, -0.1) is 0 Å². The molecule has 6 heteroatoms. The van der Waals surface area contributed by atoms with Crippen LogP contribution in [-0.4, -0.2) is 27.3 Å². The molecule has 5 nitrogen and oxygen atoms in total. The molecule has 3 N–H and O–H groups in total. The fourth-order valence-corrected chi connectivity index (χ4v) is 3.85. The van der Waals surface area contributed by atoms with Crippen LogP contribution in [0, 0.1) is 0 Å². The highest BCUT2D eigenvalue weighted by molar-refractivity contribution is 7.85. The highest BCUT2D eigenvalue weighted by Gasteiger charge is 2.23. The SMILES string of the molecule is C[C@@H](C(=O)NC1CCCCC1)[S@](=O)Cc1cccc(C(N)=O)c1. The van der Waals surface area contributed by atoms with Crippen LogP contribution in [0.1, 0.15) is 54.9 Å². The summed E-state index contributed by atoms with van der Waals surface area (Å²) in [6.07, 6.45) is 5.52. The largest absolute Gasteiger partial charge is 0.366 e. The zero-order chi connectivity index (χ0) is 16.8. The molecule has 2 atom stereocenters. The van der Waals surface area contributed by atoms with E-state index in [4.69, 9.17) is 5.73 Å². The molecular weight excluding hydrogens is 312 g/mol. The van der Waals surface area contributed by atoms with Gasteiger partial charge in [-0.05, 0) is 37.5 Å². The van der Waals surface area contributed by atoms with Crippen LogP contribution < -0.4 is 11.1 Å².